The van der Waals surface area contributed by atoms with Crippen molar-refractivity contribution in [3.8, 4) is 22.5 Å². The molecule has 0 aliphatic rings. The molecule has 4 aromatic heterocycles. The monoisotopic (exact) mass is 379 g/mol. The van der Waals surface area contributed by atoms with Crippen LogP contribution in [-0.4, -0.2) is 19.9 Å². The summed E-state index contributed by atoms with van der Waals surface area (Å²) in [4.78, 5) is 18.1. The predicted molar refractivity (Wildman–Crippen MR) is 112 cm³/mol. The van der Waals surface area contributed by atoms with Gasteiger partial charge in [-0.1, -0.05) is 12.1 Å². The number of rotatable bonds is 5. The summed E-state index contributed by atoms with van der Waals surface area (Å²) in [5.41, 5.74) is 4.72. The highest BCUT2D eigenvalue weighted by Gasteiger charge is 2.12. The van der Waals surface area contributed by atoms with Crippen LogP contribution in [0.3, 0.4) is 0 Å². The SMILES string of the molecule is c1ccc(CNc2nc(-c3cccnc3)nc3ccc(-c4ccoc4)cc23)nc1. The van der Waals surface area contributed by atoms with Crippen LogP contribution < -0.4 is 5.32 Å². The third kappa shape index (κ3) is 3.55. The largest absolute Gasteiger partial charge is 0.472 e. The summed E-state index contributed by atoms with van der Waals surface area (Å²) in [7, 11) is 0. The standard InChI is InChI=1S/C23H17N5O/c1-2-10-25-19(5-1)14-26-23-20-12-16(18-8-11-29-15-18)6-7-21(20)27-22(28-23)17-4-3-9-24-13-17/h1-13,15H,14H2,(H,26,27,28). The molecule has 0 unspecified atom stereocenters. The minimum Gasteiger partial charge on any atom is -0.472 e. The van der Waals surface area contributed by atoms with Gasteiger partial charge in [-0.25, -0.2) is 9.97 Å². The van der Waals surface area contributed by atoms with Gasteiger partial charge in [0.25, 0.3) is 0 Å². The third-order valence-corrected chi connectivity index (χ3v) is 4.63. The number of benzene rings is 1. The van der Waals surface area contributed by atoms with Crippen LogP contribution in [0.5, 0.6) is 0 Å². The minimum absolute atomic E-state index is 0.565. The second-order valence-corrected chi connectivity index (χ2v) is 6.56. The molecule has 0 atom stereocenters. The normalized spacial score (nSPS) is 10.9. The number of nitrogens with one attached hydrogen (secondary N) is 1. The average Bonchev–Trinajstić information content (AvgIpc) is 3.33. The van der Waals surface area contributed by atoms with Gasteiger partial charge in [-0.05, 0) is 48.0 Å². The highest BCUT2D eigenvalue weighted by molar-refractivity contribution is 5.93. The zero-order valence-electron chi connectivity index (χ0n) is 15.5. The molecule has 0 saturated heterocycles. The number of anilines is 1. The zero-order valence-corrected chi connectivity index (χ0v) is 15.5. The first-order valence-corrected chi connectivity index (χ1v) is 9.25. The Balaban J connectivity index is 1.61. The van der Waals surface area contributed by atoms with Crippen LogP contribution in [0.4, 0.5) is 5.82 Å². The van der Waals surface area contributed by atoms with Crippen LogP contribution in [0.25, 0.3) is 33.4 Å². The first-order chi connectivity index (χ1) is 14.4. The molecule has 140 valence electrons. The molecule has 0 amide bonds. The molecule has 0 fully saturated rings. The summed E-state index contributed by atoms with van der Waals surface area (Å²) in [6.45, 7) is 0.565. The van der Waals surface area contributed by atoms with Crippen LogP contribution in [0.2, 0.25) is 0 Å². The molecule has 5 rings (SSSR count). The maximum Gasteiger partial charge on any atom is 0.163 e. The predicted octanol–water partition coefficient (Wildman–Crippen LogP) is 4.96. The Kier molecular flexibility index (Phi) is 4.42. The molecule has 5 aromatic rings. The van der Waals surface area contributed by atoms with E-state index in [1.807, 2.05) is 48.5 Å². The molecule has 6 heteroatoms. The van der Waals surface area contributed by atoms with E-state index in [-0.39, 0.29) is 0 Å². The van der Waals surface area contributed by atoms with Gasteiger partial charge >= 0.3 is 0 Å². The molecule has 4 heterocycles. The van der Waals surface area contributed by atoms with Crippen molar-refractivity contribution in [3.05, 3.63) is 91.4 Å². The molecule has 29 heavy (non-hydrogen) atoms. The Bertz CT molecular complexity index is 1240. The van der Waals surface area contributed by atoms with Gasteiger partial charge in [0.1, 0.15) is 5.82 Å². The highest BCUT2D eigenvalue weighted by Crippen LogP contribution is 2.30. The van der Waals surface area contributed by atoms with E-state index in [2.05, 4.69) is 21.4 Å². The van der Waals surface area contributed by atoms with Crippen molar-refractivity contribution in [2.75, 3.05) is 5.32 Å². The molecule has 1 N–H and O–H groups in total. The summed E-state index contributed by atoms with van der Waals surface area (Å²) in [5.74, 6) is 1.38. The summed E-state index contributed by atoms with van der Waals surface area (Å²) >= 11 is 0. The molecule has 0 spiro atoms. The smallest absolute Gasteiger partial charge is 0.163 e. The summed E-state index contributed by atoms with van der Waals surface area (Å²) < 4.78 is 5.23. The molecule has 0 aliphatic heterocycles. The molecular weight excluding hydrogens is 362 g/mol. The molecule has 0 radical (unpaired) electrons. The fourth-order valence-electron chi connectivity index (χ4n) is 3.17. The van der Waals surface area contributed by atoms with E-state index in [1.165, 1.54) is 0 Å². The lowest BCUT2D eigenvalue weighted by molar-refractivity contribution is 0.568. The van der Waals surface area contributed by atoms with Crippen LogP contribution in [0.1, 0.15) is 5.69 Å². The second kappa shape index (κ2) is 7.52. The number of furan rings is 1. The highest BCUT2D eigenvalue weighted by atomic mass is 16.3. The maximum atomic E-state index is 5.23. The Labute approximate surface area is 167 Å². The number of fused-ring (bicyclic) bond motifs is 1. The van der Waals surface area contributed by atoms with E-state index >= 15 is 0 Å². The van der Waals surface area contributed by atoms with E-state index in [0.717, 1.165) is 39.1 Å². The third-order valence-electron chi connectivity index (χ3n) is 4.63. The first-order valence-electron chi connectivity index (χ1n) is 9.25. The number of hydrogen-bond acceptors (Lipinski definition) is 6. The number of aromatic nitrogens is 4. The van der Waals surface area contributed by atoms with E-state index in [0.29, 0.717) is 12.4 Å². The molecular formula is C23H17N5O. The lowest BCUT2D eigenvalue weighted by Crippen LogP contribution is -2.05. The quantitative estimate of drug-likeness (QED) is 0.465. The fourth-order valence-corrected chi connectivity index (χ4v) is 3.17. The molecule has 0 bridgehead atoms. The van der Waals surface area contributed by atoms with E-state index in [4.69, 9.17) is 14.4 Å². The lowest BCUT2D eigenvalue weighted by atomic mass is 10.1. The second-order valence-electron chi connectivity index (χ2n) is 6.56. The summed E-state index contributed by atoms with van der Waals surface area (Å²) in [5, 5.41) is 4.37. The van der Waals surface area contributed by atoms with Crippen molar-refractivity contribution >= 4 is 16.7 Å². The van der Waals surface area contributed by atoms with Gasteiger partial charge in [0.15, 0.2) is 5.82 Å². The van der Waals surface area contributed by atoms with Gasteiger partial charge in [0.05, 0.1) is 30.3 Å². The molecule has 1 aromatic carbocycles. The molecule has 0 saturated carbocycles. The van der Waals surface area contributed by atoms with Gasteiger partial charge in [-0.3, -0.25) is 9.97 Å². The van der Waals surface area contributed by atoms with Crippen molar-refractivity contribution in [2.45, 2.75) is 6.54 Å². The van der Waals surface area contributed by atoms with Gasteiger partial charge in [0, 0.05) is 35.1 Å². The Morgan fingerprint density at radius 1 is 0.862 bits per heavy atom. The van der Waals surface area contributed by atoms with Crippen LogP contribution in [-0.2, 0) is 6.54 Å². The first kappa shape index (κ1) is 17.1. The maximum absolute atomic E-state index is 5.23. The Hall–Kier alpha value is -4.06. The van der Waals surface area contributed by atoms with Crippen molar-refractivity contribution in [2.24, 2.45) is 0 Å². The number of nitrogens with zero attached hydrogens (tertiary/aromatic N) is 4. The topological polar surface area (TPSA) is 76.7 Å². The van der Waals surface area contributed by atoms with Gasteiger partial charge in [-0.15, -0.1) is 0 Å². The molecule has 6 nitrogen and oxygen atoms in total. The van der Waals surface area contributed by atoms with Crippen molar-refractivity contribution in [1.29, 1.82) is 0 Å². The van der Waals surface area contributed by atoms with Gasteiger partial charge in [0.2, 0.25) is 0 Å². The van der Waals surface area contributed by atoms with E-state index in [1.54, 1.807) is 31.1 Å². The summed E-state index contributed by atoms with van der Waals surface area (Å²) in [6.07, 6.45) is 8.69. The minimum atomic E-state index is 0.565. The Morgan fingerprint density at radius 2 is 1.86 bits per heavy atom. The van der Waals surface area contributed by atoms with Crippen LogP contribution in [0, 0.1) is 0 Å². The average molecular weight is 379 g/mol. The number of pyridine rings is 2. The van der Waals surface area contributed by atoms with E-state index in [9.17, 15) is 0 Å². The van der Waals surface area contributed by atoms with Gasteiger partial charge < -0.3 is 9.73 Å². The van der Waals surface area contributed by atoms with Crippen LogP contribution in [0.15, 0.2) is 90.1 Å². The lowest BCUT2D eigenvalue weighted by Gasteiger charge is -2.12. The molecule has 0 aliphatic carbocycles. The van der Waals surface area contributed by atoms with Crippen molar-refractivity contribution < 1.29 is 4.42 Å². The Morgan fingerprint density at radius 3 is 2.66 bits per heavy atom. The van der Waals surface area contributed by atoms with Crippen molar-refractivity contribution in [1.82, 2.24) is 19.9 Å². The van der Waals surface area contributed by atoms with Crippen LogP contribution >= 0.6 is 0 Å². The zero-order chi connectivity index (χ0) is 19.5. The number of hydrogen-bond donors (Lipinski definition) is 1. The van der Waals surface area contributed by atoms with E-state index < -0.39 is 0 Å². The summed E-state index contributed by atoms with van der Waals surface area (Å²) in [6, 6.07) is 17.8. The fraction of sp³-hybridized carbons (Fsp3) is 0.0435. The van der Waals surface area contributed by atoms with Crippen molar-refractivity contribution in [3.63, 3.8) is 0 Å². The van der Waals surface area contributed by atoms with Gasteiger partial charge in [-0.2, -0.15) is 0 Å².